The third-order valence-corrected chi connectivity index (χ3v) is 4.51. The fourth-order valence-corrected chi connectivity index (χ4v) is 2.87. The van der Waals surface area contributed by atoms with Crippen molar-refractivity contribution in [3.8, 4) is 0 Å². The van der Waals surface area contributed by atoms with E-state index in [0.717, 1.165) is 36.2 Å². The molecule has 0 aromatic carbocycles. The number of aromatic nitrogens is 4. The second kappa shape index (κ2) is 6.25. The SMILES string of the molecule is CCc1cnc(C(C)NCc2nnc(C)n2CC)s1. The molecule has 0 saturated heterocycles. The van der Waals surface area contributed by atoms with Crippen molar-refractivity contribution in [3.05, 3.63) is 27.7 Å². The van der Waals surface area contributed by atoms with Gasteiger partial charge in [-0.05, 0) is 27.2 Å². The summed E-state index contributed by atoms with van der Waals surface area (Å²) in [6.07, 6.45) is 3.02. The summed E-state index contributed by atoms with van der Waals surface area (Å²) in [5.41, 5.74) is 0. The Hall–Kier alpha value is -1.27. The van der Waals surface area contributed by atoms with E-state index in [4.69, 9.17) is 0 Å². The summed E-state index contributed by atoms with van der Waals surface area (Å²) >= 11 is 1.77. The molecule has 0 radical (unpaired) electrons. The minimum Gasteiger partial charge on any atom is -0.314 e. The van der Waals surface area contributed by atoms with E-state index in [0.29, 0.717) is 0 Å². The quantitative estimate of drug-likeness (QED) is 0.882. The van der Waals surface area contributed by atoms with E-state index in [1.165, 1.54) is 4.88 Å². The molecule has 2 aromatic heterocycles. The van der Waals surface area contributed by atoms with Crippen molar-refractivity contribution >= 4 is 11.3 Å². The Labute approximate surface area is 118 Å². The summed E-state index contributed by atoms with van der Waals surface area (Å²) in [4.78, 5) is 5.79. The molecule has 0 aliphatic carbocycles. The van der Waals surface area contributed by atoms with Crippen molar-refractivity contribution in [3.63, 3.8) is 0 Å². The molecule has 0 fully saturated rings. The third kappa shape index (κ3) is 3.19. The topological polar surface area (TPSA) is 55.6 Å². The van der Waals surface area contributed by atoms with Gasteiger partial charge in [0.05, 0.1) is 12.6 Å². The fourth-order valence-electron chi connectivity index (χ4n) is 1.98. The average Bonchev–Trinajstić information content (AvgIpc) is 3.02. The van der Waals surface area contributed by atoms with Crippen LogP contribution in [0.3, 0.4) is 0 Å². The van der Waals surface area contributed by atoms with Crippen LogP contribution in [0.4, 0.5) is 0 Å². The van der Waals surface area contributed by atoms with Crippen LogP contribution in [0.25, 0.3) is 0 Å². The highest BCUT2D eigenvalue weighted by molar-refractivity contribution is 7.11. The van der Waals surface area contributed by atoms with Crippen LogP contribution in [0.5, 0.6) is 0 Å². The highest BCUT2D eigenvalue weighted by Crippen LogP contribution is 2.20. The molecule has 0 aliphatic rings. The van der Waals surface area contributed by atoms with Gasteiger partial charge in [-0.1, -0.05) is 6.92 Å². The molecule has 5 nitrogen and oxygen atoms in total. The van der Waals surface area contributed by atoms with Crippen molar-refractivity contribution in [1.29, 1.82) is 0 Å². The Morgan fingerprint density at radius 2 is 2.16 bits per heavy atom. The van der Waals surface area contributed by atoms with Gasteiger partial charge in [-0.3, -0.25) is 0 Å². The number of aryl methyl sites for hydroxylation is 2. The summed E-state index contributed by atoms with van der Waals surface area (Å²) in [5, 5.41) is 12.9. The largest absolute Gasteiger partial charge is 0.314 e. The number of nitrogens with one attached hydrogen (secondary N) is 1. The second-order valence-corrected chi connectivity index (χ2v) is 5.68. The van der Waals surface area contributed by atoms with Gasteiger partial charge < -0.3 is 9.88 Å². The third-order valence-electron chi connectivity index (χ3n) is 3.19. The first-order valence-corrected chi connectivity index (χ1v) is 7.54. The Morgan fingerprint density at radius 3 is 2.79 bits per heavy atom. The van der Waals surface area contributed by atoms with Crippen LogP contribution in [0.2, 0.25) is 0 Å². The van der Waals surface area contributed by atoms with Gasteiger partial charge >= 0.3 is 0 Å². The van der Waals surface area contributed by atoms with E-state index in [-0.39, 0.29) is 6.04 Å². The summed E-state index contributed by atoms with van der Waals surface area (Å²) < 4.78 is 2.12. The van der Waals surface area contributed by atoms with Crippen LogP contribution >= 0.6 is 11.3 Å². The molecule has 0 amide bonds. The van der Waals surface area contributed by atoms with E-state index >= 15 is 0 Å². The summed E-state index contributed by atoms with van der Waals surface area (Å²) in [7, 11) is 0. The normalized spacial score (nSPS) is 12.8. The van der Waals surface area contributed by atoms with Gasteiger partial charge in [0.1, 0.15) is 16.7 Å². The van der Waals surface area contributed by atoms with Crippen molar-refractivity contribution < 1.29 is 0 Å². The Morgan fingerprint density at radius 1 is 1.37 bits per heavy atom. The van der Waals surface area contributed by atoms with Gasteiger partial charge in [0.25, 0.3) is 0 Å². The molecule has 2 heterocycles. The number of hydrogen-bond acceptors (Lipinski definition) is 5. The first-order valence-electron chi connectivity index (χ1n) is 6.72. The molecule has 0 bridgehead atoms. The van der Waals surface area contributed by atoms with Gasteiger partial charge in [0.2, 0.25) is 0 Å². The predicted molar refractivity (Wildman–Crippen MR) is 77.2 cm³/mol. The van der Waals surface area contributed by atoms with Gasteiger partial charge in [-0.15, -0.1) is 21.5 Å². The van der Waals surface area contributed by atoms with Crippen LogP contribution in [-0.2, 0) is 19.5 Å². The summed E-state index contributed by atoms with van der Waals surface area (Å²) in [6, 6.07) is 0.243. The van der Waals surface area contributed by atoms with Crippen molar-refractivity contribution in [1.82, 2.24) is 25.1 Å². The van der Waals surface area contributed by atoms with Crippen molar-refractivity contribution in [2.24, 2.45) is 0 Å². The van der Waals surface area contributed by atoms with Crippen LogP contribution in [0, 0.1) is 6.92 Å². The van der Waals surface area contributed by atoms with Crippen LogP contribution < -0.4 is 5.32 Å². The zero-order valence-corrected chi connectivity index (χ0v) is 12.8. The van der Waals surface area contributed by atoms with Gasteiger partial charge in [0, 0.05) is 17.6 Å². The summed E-state index contributed by atoms with van der Waals surface area (Å²) in [5.74, 6) is 1.95. The van der Waals surface area contributed by atoms with Crippen LogP contribution in [-0.4, -0.2) is 19.7 Å². The lowest BCUT2D eigenvalue weighted by Gasteiger charge is -2.11. The zero-order valence-electron chi connectivity index (χ0n) is 12.0. The second-order valence-electron chi connectivity index (χ2n) is 4.53. The van der Waals surface area contributed by atoms with Gasteiger partial charge in [-0.25, -0.2) is 4.98 Å². The number of hydrogen-bond donors (Lipinski definition) is 1. The van der Waals surface area contributed by atoms with E-state index in [1.54, 1.807) is 11.3 Å². The lowest BCUT2D eigenvalue weighted by atomic mass is 10.3. The lowest BCUT2D eigenvalue weighted by molar-refractivity contribution is 0.535. The molecule has 0 aliphatic heterocycles. The Balaban J connectivity index is 1.98. The maximum atomic E-state index is 4.46. The first-order chi connectivity index (χ1) is 9.15. The molecule has 0 spiro atoms. The molecule has 1 N–H and O–H groups in total. The smallest absolute Gasteiger partial charge is 0.147 e. The molecule has 0 saturated carbocycles. The monoisotopic (exact) mass is 279 g/mol. The van der Waals surface area contributed by atoms with E-state index < -0.39 is 0 Å². The highest BCUT2D eigenvalue weighted by Gasteiger charge is 2.12. The predicted octanol–water partition coefficient (Wildman–Crippen LogP) is 2.48. The number of thiazole rings is 1. The van der Waals surface area contributed by atoms with Crippen molar-refractivity contribution in [2.45, 2.75) is 53.2 Å². The van der Waals surface area contributed by atoms with Gasteiger partial charge in [-0.2, -0.15) is 0 Å². The molecule has 2 rings (SSSR count). The minimum absolute atomic E-state index is 0.243. The van der Waals surface area contributed by atoms with E-state index in [2.05, 4.69) is 45.8 Å². The van der Waals surface area contributed by atoms with E-state index in [1.807, 2.05) is 13.1 Å². The standard InChI is InChI=1S/C13H21N5S/c1-5-11-7-15-13(19-11)9(3)14-8-12-17-16-10(4)18(12)6-2/h7,9,14H,5-6,8H2,1-4H3. The Bertz CT molecular complexity index is 531. The molecular weight excluding hydrogens is 258 g/mol. The van der Waals surface area contributed by atoms with E-state index in [9.17, 15) is 0 Å². The van der Waals surface area contributed by atoms with Crippen LogP contribution in [0.15, 0.2) is 6.20 Å². The first kappa shape index (κ1) is 14.1. The zero-order chi connectivity index (χ0) is 13.8. The molecule has 104 valence electrons. The van der Waals surface area contributed by atoms with Crippen LogP contribution in [0.1, 0.15) is 48.3 Å². The van der Waals surface area contributed by atoms with Crippen molar-refractivity contribution in [2.75, 3.05) is 0 Å². The average molecular weight is 279 g/mol. The fraction of sp³-hybridized carbons (Fsp3) is 0.615. The molecule has 6 heteroatoms. The number of rotatable bonds is 6. The molecular formula is C13H21N5S. The molecule has 1 unspecified atom stereocenters. The molecule has 1 atom stereocenters. The maximum Gasteiger partial charge on any atom is 0.147 e. The molecule has 19 heavy (non-hydrogen) atoms. The Kier molecular flexibility index (Phi) is 4.66. The minimum atomic E-state index is 0.243. The summed E-state index contributed by atoms with van der Waals surface area (Å²) in [6.45, 7) is 10.0. The van der Waals surface area contributed by atoms with Gasteiger partial charge in [0.15, 0.2) is 0 Å². The maximum absolute atomic E-state index is 4.46. The highest BCUT2D eigenvalue weighted by atomic mass is 32.1. The number of nitrogens with zero attached hydrogens (tertiary/aromatic N) is 4. The lowest BCUT2D eigenvalue weighted by Crippen LogP contribution is -2.20. The molecule has 2 aromatic rings.